The highest BCUT2D eigenvalue weighted by Crippen LogP contribution is 2.36. The van der Waals surface area contributed by atoms with Crippen molar-refractivity contribution in [1.82, 2.24) is 20.2 Å². The van der Waals surface area contributed by atoms with E-state index in [0.29, 0.717) is 73.9 Å². The molecule has 0 radical (unpaired) electrons. The lowest BCUT2D eigenvalue weighted by Crippen LogP contribution is -2.44. The molecule has 3 aliphatic rings. The number of hydrogen-bond acceptors (Lipinski definition) is 9. The number of benzene rings is 1. The highest BCUT2D eigenvalue weighted by atomic mass is 19.4. The van der Waals surface area contributed by atoms with Crippen molar-refractivity contribution in [3.8, 4) is 11.1 Å². The van der Waals surface area contributed by atoms with Gasteiger partial charge in [-0.1, -0.05) is 6.07 Å². The highest BCUT2D eigenvalue weighted by Gasteiger charge is 2.40. The minimum atomic E-state index is -4.81. The summed E-state index contributed by atoms with van der Waals surface area (Å²) in [7, 11) is 2.02. The number of piperazine rings is 1. The molecule has 3 aliphatic heterocycles. The van der Waals surface area contributed by atoms with Gasteiger partial charge in [-0.3, -0.25) is 4.79 Å². The number of nitrogens with zero attached hydrogens (tertiary/aromatic N) is 5. The van der Waals surface area contributed by atoms with Crippen molar-refractivity contribution >= 4 is 23.2 Å². The van der Waals surface area contributed by atoms with Crippen molar-refractivity contribution in [2.75, 3.05) is 74.6 Å². The monoisotopic (exact) mass is 545 g/mol. The first-order valence-electron chi connectivity index (χ1n) is 12.7. The Morgan fingerprint density at radius 1 is 1.05 bits per heavy atom. The zero-order valence-corrected chi connectivity index (χ0v) is 21.4. The number of nitrogens with one attached hydrogen (secondary N) is 2. The van der Waals surface area contributed by atoms with Crippen molar-refractivity contribution in [1.29, 1.82) is 0 Å². The molecule has 39 heavy (non-hydrogen) atoms. The SMILES string of the molecule is CN1CCN(c2ccc(-c3cnc(N4CCOCC4)nc3)cc2NC(=O)C2=CNC(O)C=C2C(F)(F)F)CC1. The van der Waals surface area contributed by atoms with E-state index in [9.17, 15) is 23.1 Å². The number of ether oxygens (including phenoxy) is 1. The van der Waals surface area contributed by atoms with Gasteiger partial charge in [0.15, 0.2) is 0 Å². The third-order valence-corrected chi connectivity index (χ3v) is 6.92. The molecule has 5 rings (SSSR count). The zero-order valence-electron chi connectivity index (χ0n) is 21.4. The quantitative estimate of drug-likeness (QED) is 0.520. The predicted molar refractivity (Wildman–Crippen MR) is 140 cm³/mol. The van der Waals surface area contributed by atoms with Crippen molar-refractivity contribution in [3.63, 3.8) is 0 Å². The maximum Gasteiger partial charge on any atom is 0.417 e. The number of alkyl halides is 3. The van der Waals surface area contributed by atoms with Gasteiger partial charge in [0.1, 0.15) is 6.23 Å². The molecule has 10 nitrogen and oxygen atoms in total. The number of aromatic nitrogens is 2. The first-order chi connectivity index (χ1) is 18.7. The van der Waals surface area contributed by atoms with E-state index < -0.39 is 29.5 Å². The second kappa shape index (κ2) is 11.2. The van der Waals surface area contributed by atoms with Gasteiger partial charge in [0.2, 0.25) is 5.95 Å². The van der Waals surface area contributed by atoms with Gasteiger partial charge in [-0.25, -0.2) is 9.97 Å². The number of aliphatic hydroxyl groups excluding tert-OH is 1. The number of carbonyl (C=O) groups is 1. The average Bonchev–Trinajstić information content (AvgIpc) is 2.93. The summed E-state index contributed by atoms with van der Waals surface area (Å²) in [6, 6.07) is 5.46. The fourth-order valence-electron chi connectivity index (χ4n) is 4.70. The molecule has 1 amide bonds. The third-order valence-electron chi connectivity index (χ3n) is 6.92. The van der Waals surface area contributed by atoms with Gasteiger partial charge in [-0.15, -0.1) is 0 Å². The summed E-state index contributed by atoms with van der Waals surface area (Å²) in [4.78, 5) is 28.5. The summed E-state index contributed by atoms with van der Waals surface area (Å²) in [5.41, 5.74) is 0.664. The molecule has 1 atom stereocenters. The van der Waals surface area contributed by atoms with Gasteiger partial charge in [-0.2, -0.15) is 13.2 Å². The van der Waals surface area contributed by atoms with Crippen LogP contribution in [0.3, 0.4) is 0 Å². The van der Waals surface area contributed by atoms with E-state index in [-0.39, 0.29) is 0 Å². The molecule has 1 aromatic carbocycles. The molecule has 2 saturated heterocycles. The first kappa shape index (κ1) is 26.9. The molecular formula is C26H30F3N7O3. The molecule has 3 N–H and O–H groups in total. The van der Waals surface area contributed by atoms with Crippen LogP contribution in [-0.4, -0.2) is 97.8 Å². The number of rotatable bonds is 5. The summed E-state index contributed by atoms with van der Waals surface area (Å²) in [6.07, 6.45) is -1.50. The van der Waals surface area contributed by atoms with Crippen LogP contribution in [0.2, 0.25) is 0 Å². The third kappa shape index (κ3) is 6.15. The van der Waals surface area contributed by atoms with Crippen molar-refractivity contribution in [2.24, 2.45) is 0 Å². The fourth-order valence-corrected chi connectivity index (χ4v) is 4.70. The van der Waals surface area contributed by atoms with Crippen molar-refractivity contribution in [2.45, 2.75) is 12.4 Å². The molecular weight excluding hydrogens is 515 g/mol. The van der Waals surface area contributed by atoms with E-state index in [0.717, 1.165) is 19.3 Å². The summed E-state index contributed by atoms with van der Waals surface area (Å²) in [5, 5.41) is 14.7. The van der Waals surface area contributed by atoms with E-state index in [1.807, 2.05) is 24.1 Å². The van der Waals surface area contributed by atoms with E-state index in [1.165, 1.54) is 0 Å². The van der Waals surface area contributed by atoms with Gasteiger partial charge >= 0.3 is 6.18 Å². The number of amides is 1. The minimum absolute atomic E-state index is 0.368. The van der Waals surface area contributed by atoms with Crippen LogP contribution in [0.4, 0.5) is 30.5 Å². The Labute approximate surface area is 223 Å². The smallest absolute Gasteiger partial charge is 0.378 e. The van der Waals surface area contributed by atoms with Gasteiger partial charge in [0.25, 0.3) is 5.91 Å². The summed E-state index contributed by atoms with van der Waals surface area (Å²) < 4.78 is 46.3. The Hall–Kier alpha value is -3.68. The molecule has 208 valence electrons. The second-order valence-corrected chi connectivity index (χ2v) is 9.60. The summed E-state index contributed by atoms with van der Waals surface area (Å²) >= 11 is 0. The topological polar surface area (TPSA) is 106 Å². The number of dihydropyridines is 1. The molecule has 0 bridgehead atoms. The Balaban J connectivity index is 1.44. The first-order valence-corrected chi connectivity index (χ1v) is 12.7. The molecule has 1 aromatic heterocycles. The maximum absolute atomic E-state index is 13.7. The van der Waals surface area contributed by atoms with Crippen LogP contribution < -0.4 is 20.4 Å². The molecule has 0 saturated carbocycles. The minimum Gasteiger partial charge on any atom is -0.378 e. The van der Waals surface area contributed by atoms with Gasteiger partial charge in [0, 0.05) is 63.4 Å². The molecule has 4 heterocycles. The molecule has 1 unspecified atom stereocenters. The number of likely N-dealkylation sites (N-methyl/N-ethyl adjacent to an activating group) is 1. The van der Waals surface area contributed by atoms with E-state index in [2.05, 4.69) is 30.4 Å². The summed E-state index contributed by atoms with van der Waals surface area (Å²) in [6.45, 7) is 5.62. The Morgan fingerprint density at radius 3 is 2.41 bits per heavy atom. The number of hydrogen-bond donors (Lipinski definition) is 3. The highest BCUT2D eigenvalue weighted by molar-refractivity contribution is 6.09. The van der Waals surface area contributed by atoms with Crippen LogP contribution in [0.5, 0.6) is 0 Å². The van der Waals surface area contributed by atoms with E-state index in [4.69, 9.17) is 4.74 Å². The van der Waals surface area contributed by atoms with Crippen LogP contribution in [0, 0.1) is 0 Å². The number of anilines is 3. The lowest BCUT2D eigenvalue weighted by Gasteiger charge is -2.35. The Morgan fingerprint density at radius 2 is 1.74 bits per heavy atom. The van der Waals surface area contributed by atoms with Crippen LogP contribution in [0.1, 0.15) is 0 Å². The van der Waals surface area contributed by atoms with E-state index >= 15 is 0 Å². The lowest BCUT2D eigenvalue weighted by atomic mass is 10.0. The molecule has 2 fully saturated rings. The van der Waals surface area contributed by atoms with E-state index in [1.54, 1.807) is 18.5 Å². The van der Waals surface area contributed by atoms with Crippen LogP contribution in [-0.2, 0) is 9.53 Å². The number of carbonyl (C=O) groups excluding carboxylic acids is 1. The number of aliphatic hydroxyl groups is 1. The zero-order chi connectivity index (χ0) is 27.6. The molecule has 13 heteroatoms. The van der Waals surface area contributed by atoms with Crippen molar-refractivity contribution < 1.29 is 27.8 Å². The maximum atomic E-state index is 13.7. The molecule has 0 spiro atoms. The van der Waals surface area contributed by atoms with Gasteiger partial charge < -0.3 is 35.2 Å². The van der Waals surface area contributed by atoms with Crippen LogP contribution in [0.15, 0.2) is 54.0 Å². The Kier molecular flexibility index (Phi) is 7.73. The van der Waals surface area contributed by atoms with Gasteiger partial charge in [-0.05, 0) is 30.8 Å². The Bertz CT molecular complexity index is 1250. The number of halogens is 3. The molecule has 0 aliphatic carbocycles. The largest absolute Gasteiger partial charge is 0.417 e. The number of morpholine rings is 1. The average molecular weight is 546 g/mol. The standard InChI is InChI=1S/C26H30F3N7O3/c1-34-4-6-35(7-5-34)22-3-2-17(18-14-31-25(32-15-18)36-8-10-39-11-9-36)12-21(22)33-24(38)19-16-30-23(37)13-20(19)26(27,28)29/h2-3,12-16,23,30,37H,4-11H2,1H3,(H,33,38). The molecule has 2 aromatic rings. The normalized spacial score (nSPS) is 20.7. The summed E-state index contributed by atoms with van der Waals surface area (Å²) in [5.74, 6) is -0.348. The van der Waals surface area contributed by atoms with Crippen LogP contribution >= 0.6 is 0 Å². The van der Waals surface area contributed by atoms with Gasteiger partial charge in [0.05, 0.1) is 35.7 Å². The van der Waals surface area contributed by atoms with Crippen LogP contribution in [0.25, 0.3) is 11.1 Å². The fraction of sp³-hybridized carbons (Fsp3) is 0.423. The predicted octanol–water partition coefficient (Wildman–Crippen LogP) is 1.96. The van der Waals surface area contributed by atoms with Crippen molar-refractivity contribution in [3.05, 3.63) is 54.0 Å². The lowest BCUT2D eigenvalue weighted by molar-refractivity contribution is -0.115. The second-order valence-electron chi connectivity index (χ2n) is 9.60.